The van der Waals surface area contributed by atoms with Crippen molar-refractivity contribution in [2.75, 3.05) is 12.4 Å². The molecule has 1 atom stereocenters. The fourth-order valence-corrected chi connectivity index (χ4v) is 3.37. The van der Waals surface area contributed by atoms with Crippen molar-refractivity contribution in [3.8, 4) is 22.8 Å². The molecular weight excluding hydrogens is 384 g/mol. The van der Waals surface area contributed by atoms with Crippen LogP contribution >= 0.6 is 22.9 Å². The Bertz CT molecular complexity index is 941. The molecule has 1 heterocycles. The van der Waals surface area contributed by atoms with Gasteiger partial charge in [-0.3, -0.25) is 10.1 Å². The molecule has 0 saturated carbocycles. The molecule has 0 radical (unpaired) electrons. The quantitative estimate of drug-likeness (QED) is 0.616. The van der Waals surface area contributed by atoms with Gasteiger partial charge in [-0.25, -0.2) is 4.98 Å². The molecule has 1 aromatic heterocycles. The summed E-state index contributed by atoms with van der Waals surface area (Å²) >= 11 is 7.31. The third-order valence-corrected chi connectivity index (χ3v) is 4.92. The van der Waals surface area contributed by atoms with Gasteiger partial charge in [0.2, 0.25) is 0 Å². The van der Waals surface area contributed by atoms with Crippen LogP contribution in [0.5, 0.6) is 11.5 Å². The number of anilines is 1. The number of hydrogen-bond acceptors (Lipinski definition) is 5. The molecule has 2 aromatic carbocycles. The van der Waals surface area contributed by atoms with Crippen LogP contribution in [0.1, 0.15) is 12.5 Å². The molecular formula is C20H19ClN2O3S. The van der Waals surface area contributed by atoms with Gasteiger partial charge in [-0.1, -0.05) is 11.6 Å². The van der Waals surface area contributed by atoms with Crippen molar-refractivity contribution in [3.05, 3.63) is 58.4 Å². The van der Waals surface area contributed by atoms with E-state index >= 15 is 0 Å². The highest BCUT2D eigenvalue weighted by Gasteiger charge is 2.17. The summed E-state index contributed by atoms with van der Waals surface area (Å²) in [4.78, 5) is 16.9. The molecule has 1 N–H and O–H groups in total. The van der Waals surface area contributed by atoms with E-state index in [2.05, 4.69) is 10.3 Å². The Kier molecular flexibility index (Phi) is 5.98. The van der Waals surface area contributed by atoms with Crippen LogP contribution in [0.15, 0.2) is 47.8 Å². The molecule has 0 fully saturated rings. The molecule has 5 nitrogen and oxygen atoms in total. The second-order valence-corrected chi connectivity index (χ2v) is 7.22. The van der Waals surface area contributed by atoms with Crippen LogP contribution in [-0.2, 0) is 4.79 Å². The van der Waals surface area contributed by atoms with Crippen molar-refractivity contribution in [2.45, 2.75) is 20.0 Å². The van der Waals surface area contributed by atoms with Crippen LogP contribution in [0.4, 0.5) is 5.13 Å². The van der Waals surface area contributed by atoms with E-state index in [1.54, 1.807) is 32.2 Å². The highest BCUT2D eigenvalue weighted by atomic mass is 35.5. The van der Waals surface area contributed by atoms with Gasteiger partial charge < -0.3 is 9.47 Å². The Morgan fingerprint density at radius 1 is 1.22 bits per heavy atom. The molecule has 3 aromatic rings. The normalized spacial score (nSPS) is 11.7. The molecule has 0 aliphatic rings. The summed E-state index contributed by atoms with van der Waals surface area (Å²) in [5.74, 6) is 1.14. The van der Waals surface area contributed by atoms with Gasteiger partial charge in [-0.05, 0) is 61.9 Å². The third-order valence-electron chi connectivity index (χ3n) is 3.93. The number of rotatable bonds is 6. The van der Waals surface area contributed by atoms with Gasteiger partial charge >= 0.3 is 0 Å². The number of amides is 1. The molecule has 0 saturated heterocycles. The van der Waals surface area contributed by atoms with Gasteiger partial charge in [-0.15, -0.1) is 11.3 Å². The summed E-state index contributed by atoms with van der Waals surface area (Å²) in [5, 5.41) is 5.85. The van der Waals surface area contributed by atoms with Crippen molar-refractivity contribution < 1.29 is 14.3 Å². The van der Waals surface area contributed by atoms with E-state index in [1.807, 2.05) is 36.6 Å². The van der Waals surface area contributed by atoms with Crippen LogP contribution in [0, 0.1) is 6.92 Å². The van der Waals surface area contributed by atoms with Gasteiger partial charge in [0.15, 0.2) is 11.2 Å². The van der Waals surface area contributed by atoms with Crippen molar-refractivity contribution >= 4 is 34.0 Å². The number of methoxy groups -OCH3 is 1. The van der Waals surface area contributed by atoms with E-state index in [-0.39, 0.29) is 5.91 Å². The summed E-state index contributed by atoms with van der Waals surface area (Å²) < 4.78 is 10.9. The largest absolute Gasteiger partial charge is 0.497 e. The molecule has 1 amide bonds. The highest BCUT2D eigenvalue weighted by molar-refractivity contribution is 7.14. The first-order valence-electron chi connectivity index (χ1n) is 8.30. The average Bonchev–Trinajstić information content (AvgIpc) is 3.12. The number of aromatic nitrogens is 1. The molecule has 0 bridgehead atoms. The maximum atomic E-state index is 12.4. The number of nitrogens with one attached hydrogen (secondary N) is 1. The zero-order valence-corrected chi connectivity index (χ0v) is 16.7. The summed E-state index contributed by atoms with van der Waals surface area (Å²) in [5.41, 5.74) is 2.62. The molecule has 3 rings (SSSR count). The second-order valence-electron chi connectivity index (χ2n) is 5.93. The zero-order valence-electron chi connectivity index (χ0n) is 15.2. The monoisotopic (exact) mass is 402 g/mol. The lowest BCUT2D eigenvalue weighted by Gasteiger charge is -2.15. The van der Waals surface area contributed by atoms with Crippen LogP contribution in [0.2, 0.25) is 5.02 Å². The topological polar surface area (TPSA) is 60.5 Å². The summed E-state index contributed by atoms with van der Waals surface area (Å²) in [6.07, 6.45) is -0.668. The van der Waals surface area contributed by atoms with E-state index in [0.29, 0.717) is 15.9 Å². The van der Waals surface area contributed by atoms with Crippen molar-refractivity contribution in [1.29, 1.82) is 0 Å². The van der Waals surface area contributed by atoms with Gasteiger partial charge in [-0.2, -0.15) is 0 Å². The number of carbonyl (C=O) groups is 1. The first-order valence-corrected chi connectivity index (χ1v) is 9.55. The Labute approximate surface area is 166 Å². The van der Waals surface area contributed by atoms with Crippen LogP contribution in [0.25, 0.3) is 11.3 Å². The Hall–Kier alpha value is -2.57. The molecule has 7 heteroatoms. The molecule has 140 valence electrons. The summed E-state index contributed by atoms with van der Waals surface area (Å²) in [7, 11) is 1.63. The summed E-state index contributed by atoms with van der Waals surface area (Å²) in [6, 6.07) is 12.9. The molecule has 27 heavy (non-hydrogen) atoms. The number of benzene rings is 2. The van der Waals surface area contributed by atoms with Gasteiger partial charge in [0.25, 0.3) is 5.91 Å². The lowest BCUT2D eigenvalue weighted by molar-refractivity contribution is -0.122. The lowest BCUT2D eigenvalue weighted by atomic mass is 10.2. The number of hydrogen-bond donors (Lipinski definition) is 1. The highest BCUT2D eigenvalue weighted by Crippen LogP contribution is 2.27. The predicted molar refractivity (Wildman–Crippen MR) is 109 cm³/mol. The molecule has 0 spiro atoms. The number of ether oxygens (including phenoxy) is 2. The lowest BCUT2D eigenvalue weighted by Crippen LogP contribution is -2.30. The van der Waals surface area contributed by atoms with Gasteiger partial charge in [0.05, 0.1) is 12.8 Å². The van der Waals surface area contributed by atoms with Crippen LogP contribution < -0.4 is 14.8 Å². The van der Waals surface area contributed by atoms with E-state index in [9.17, 15) is 4.79 Å². The van der Waals surface area contributed by atoms with Crippen molar-refractivity contribution in [2.24, 2.45) is 0 Å². The SMILES string of the molecule is COc1ccc(-c2csc(NC(=O)[C@H](C)Oc3ccc(Cl)cc3C)n2)cc1. The Morgan fingerprint density at radius 3 is 2.63 bits per heavy atom. The van der Waals surface area contributed by atoms with Gasteiger partial charge in [0.1, 0.15) is 11.5 Å². The smallest absolute Gasteiger partial charge is 0.266 e. The third kappa shape index (κ3) is 4.78. The maximum absolute atomic E-state index is 12.4. The van der Waals surface area contributed by atoms with E-state index in [1.165, 1.54) is 11.3 Å². The maximum Gasteiger partial charge on any atom is 0.266 e. The van der Waals surface area contributed by atoms with E-state index in [4.69, 9.17) is 21.1 Å². The minimum atomic E-state index is -0.668. The van der Waals surface area contributed by atoms with E-state index in [0.717, 1.165) is 22.6 Å². The second kappa shape index (κ2) is 8.41. The molecule has 0 aliphatic carbocycles. The Balaban J connectivity index is 1.64. The van der Waals surface area contributed by atoms with Crippen LogP contribution in [-0.4, -0.2) is 24.1 Å². The minimum absolute atomic E-state index is 0.264. The predicted octanol–water partition coefficient (Wildman–Crippen LogP) is 5.19. The fourth-order valence-electron chi connectivity index (χ4n) is 2.42. The number of halogens is 1. The van der Waals surface area contributed by atoms with E-state index < -0.39 is 6.10 Å². The standard InChI is InChI=1S/C20H19ClN2O3S/c1-12-10-15(21)6-9-18(12)26-13(2)19(24)23-20-22-17(11-27-20)14-4-7-16(25-3)8-5-14/h4-11,13H,1-3H3,(H,22,23,24)/t13-/m0/s1. The van der Waals surface area contributed by atoms with Crippen molar-refractivity contribution in [3.63, 3.8) is 0 Å². The molecule has 0 aliphatic heterocycles. The first kappa shape index (κ1) is 19.2. The van der Waals surface area contributed by atoms with Crippen LogP contribution in [0.3, 0.4) is 0 Å². The Morgan fingerprint density at radius 2 is 1.96 bits per heavy atom. The first-order chi connectivity index (χ1) is 13.0. The average molecular weight is 403 g/mol. The van der Waals surface area contributed by atoms with Gasteiger partial charge in [0, 0.05) is 16.0 Å². The number of carbonyl (C=O) groups excluding carboxylic acids is 1. The number of thiazole rings is 1. The number of aryl methyl sites for hydroxylation is 1. The number of nitrogens with zero attached hydrogens (tertiary/aromatic N) is 1. The summed E-state index contributed by atoms with van der Waals surface area (Å²) in [6.45, 7) is 3.58. The molecule has 0 unspecified atom stereocenters. The zero-order chi connectivity index (χ0) is 19.4. The fraction of sp³-hybridized carbons (Fsp3) is 0.200. The minimum Gasteiger partial charge on any atom is -0.497 e. The van der Waals surface area contributed by atoms with Crippen molar-refractivity contribution in [1.82, 2.24) is 4.98 Å².